The number of hydrogen-bond donors (Lipinski definition) is 0. The van der Waals surface area contributed by atoms with Gasteiger partial charge < -0.3 is 0 Å². The summed E-state index contributed by atoms with van der Waals surface area (Å²) in [5.74, 6) is 0. The molecule has 0 saturated carbocycles. The molecule has 0 saturated heterocycles. The molecular formula is C3H10ClPb. The van der Waals surface area contributed by atoms with Crippen molar-refractivity contribution in [2.75, 3.05) is 0 Å². The maximum atomic E-state index is 2.38. The van der Waals surface area contributed by atoms with E-state index in [-0.39, 0.29) is 12.4 Å². The summed E-state index contributed by atoms with van der Waals surface area (Å²) in [4.78, 5) is 0. The molecule has 0 rings (SSSR count). The Balaban J connectivity index is 0. The van der Waals surface area contributed by atoms with Crippen molar-refractivity contribution in [3.05, 3.63) is 0 Å². The van der Waals surface area contributed by atoms with Gasteiger partial charge in [-0.3, -0.25) is 0 Å². The molecule has 0 aromatic rings. The Morgan fingerprint density at radius 3 is 1.00 bits per heavy atom. The van der Waals surface area contributed by atoms with Crippen molar-refractivity contribution in [3.63, 3.8) is 0 Å². The molecule has 0 spiro atoms. The Hall–Kier alpha value is 1.21. The number of rotatable bonds is 0. The van der Waals surface area contributed by atoms with Crippen LogP contribution in [0.3, 0.4) is 0 Å². The fourth-order valence-electron chi connectivity index (χ4n) is 0. The van der Waals surface area contributed by atoms with Crippen LogP contribution < -0.4 is 0 Å². The van der Waals surface area contributed by atoms with Gasteiger partial charge in [0.15, 0.2) is 0 Å². The zero-order valence-corrected chi connectivity index (χ0v) is 8.61. The maximum absolute atomic E-state index is 2.38. The fourth-order valence-corrected chi connectivity index (χ4v) is 0. The van der Waals surface area contributed by atoms with E-state index in [4.69, 9.17) is 0 Å². The second-order valence-corrected chi connectivity index (χ2v) is 13.2. The van der Waals surface area contributed by atoms with Gasteiger partial charge in [-0.05, 0) is 0 Å². The van der Waals surface area contributed by atoms with Crippen molar-refractivity contribution in [1.82, 2.24) is 0 Å². The van der Waals surface area contributed by atoms with Gasteiger partial charge in [0.1, 0.15) is 0 Å². The van der Waals surface area contributed by atoms with Gasteiger partial charge >= 0.3 is 36.2 Å². The molecule has 0 N–H and O–H groups in total. The minimum atomic E-state index is -0.657. The zero-order chi connectivity index (χ0) is 3.58. The Kier molecular flexibility index (Phi) is 9.92. The summed E-state index contributed by atoms with van der Waals surface area (Å²) in [6.07, 6.45) is 0. The van der Waals surface area contributed by atoms with Gasteiger partial charge in [0, 0.05) is 0 Å². The third-order valence-corrected chi connectivity index (χ3v) is 0. The fraction of sp³-hybridized carbons (Fsp3) is 1.00. The van der Waals surface area contributed by atoms with Gasteiger partial charge in [-0.25, -0.2) is 0 Å². The molecule has 1 radical (unpaired) electrons. The molecule has 5 heavy (non-hydrogen) atoms. The van der Waals surface area contributed by atoms with Crippen LogP contribution in [-0.4, -0.2) is 22.7 Å². The summed E-state index contributed by atoms with van der Waals surface area (Å²) in [7, 11) is 0. The second kappa shape index (κ2) is 5.21. The average Bonchev–Trinajstić information content (AvgIpc) is 0.811. The van der Waals surface area contributed by atoms with E-state index in [0.717, 1.165) is 0 Å². The first-order valence-electron chi connectivity index (χ1n) is 1.50. The summed E-state index contributed by atoms with van der Waals surface area (Å²) in [6.45, 7) is 0. The van der Waals surface area contributed by atoms with E-state index in [1.807, 2.05) is 0 Å². The van der Waals surface area contributed by atoms with Crippen LogP contribution in [0.4, 0.5) is 0 Å². The molecule has 0 atom stereocenters. The summed E-state index contributed by atoms with van der Waals surface area (Å²) < 4.78 is 7.14. The zero-order valence-electron chi connectivity index (χ0n) is 3.91. The first-order valence-corrected chi connectivity index (χ1v) is 13.2. The normalized spacial score (nSPS) is 7.20. The standard InChI is InChI=1S/3CH3.ClH.Pb/h3*1H3;1H;. The Morgan fingerprint density at radius 2 is 1.00 bits per heavy atom. The van der Waals surface area contributed by atoms with Crippen LogP contribution in [0.2, 0.25) is 13.4 Å². The van der Waals surface area contributed by atoms with Crippen molar-refractivity contribution >= 4 is 35.1 Å². The van der Waals surface area contributed by atoms with E-state index in [9.17, 15) is 0 Å². The van der Waals surface area contributed by atoms with Gasteiger partial charge in [-0.2, -0.15) is 0 Å². The summed E-state index contributed by atoms with van der Waals surface area (Å²) in [5, 5.41) is 0. The molecule has 0 aliphatic heterocycles. The Labute approximate surface area is 48.5 Å². The topological polar surface area (TPSA) is 0 Å². The molecule has 0 aliphatic rings. The summed E-state index contributed by atoms with van der Waals surface area (Å²) in [5.41, 5.74) is 0. The van der Waals surface area contributed by atoms with E-state index >= 15 is 0 Å². The predicted octanol–water partition coefficient (Wildman–Crippen LogP) is 1.79. The van der Waals surface area contributed by atoms with Crippen LogP contribution >= 0.6 is 12.4 Å². The molecule has 0 fully saturated rings. The number of halogens is 1. The third-order valence-electron chi connectivity index (χ3n) is 0. The van der Waals surface area contributed by atoms with Gasteiger partial charge in [0.05, 0.1) is 0 Å². The van der Waals surface area contributed by atoms with Crippen molar-refractivity contribution in [2.24, 2.45) is 0 Å². The van der Waals surface area contributed by atoms with Crippen molar-refractivity contribution < 1.29 is 0 Å². The van der Waals surface area contributed by atoms with Crippen LogP contribution in [0, 0.1) is 0 Å². The molecule has 0 aromatic heterocycles. The molecular weight excluding hydrogens is 279 g/mol. The molecule has 0 bridgehead atoms. The molecule has 33 valence electrons. The van der Waals surface area contributed by atoms with E-state index in [1.54, 1.807) is 0 Å². The van der Waals surface area contributed by atoms with Crippen LogP contribution in [0.15, 0.2) is 0 Å². The molecule has 0 unspecified atom stereocenters. The van der Waals surface area contributed by atoms with Crippen LogP contribution in [0.1, 0.15) is 0 Å². The molecule has 0 amide bonds. The average molecular weight is 289 g/mol. The number of hydrogen-bond acceptors (Lipinski definition) is 0. The molecule has 0 aromatic carbocycles. The van der Waals surface area contributed by atoms with Gasteiger partial charge in [-0.15, -0.1) is 12.4 Å². The van der Waals surface area contributed by atoms with Gasteiger partial charge in [0.25, 0.3) is 0 Å². The van der Waals surface area contributed by atoms with E-state index < -0.39 is 22.7 Å². The van der Waals surface area contributed by atoms with Gasteiger partial charge in [0.2, 0.25) is 0 Å². The molecule has 0 heterocycles. The minimum absolute atomic E-state index is 0. The Morgan fingerprint density at radius 1 is 1.00 bits per heavy atom. The van der Waals surface area contributed by atoms with Gasteiger partial charge in [-0.1, -0.05) is 0 Å². The third kappa shape index (κ3) is 36.6. The SMILES string of the molecule is Cl.[CH3][Pb]([CH3])[CH3]. The van der Waals surface area contributed by atoms with Crippen molar-refractivity contribution in [3.8, 4) is 0 Å². The quantitative estimate of drug-likeness (QED) is 0.596. The first kappa shape index (κ1) is 9.51. The second-order valence-electron chi connectivity index (χ2n) is 1.50. The molecule has 0 nitrogen and oxygen atoms in total. The summed E-state index contributed by atoms with van der Waals surface area (Å²) in [6, 6.07) is 0. The predicted molar refractivity (Wildman–Crippen MR) is 30.6 cm³/mol. The first-order chi connectivity index (χ1) is 1.73. The summed E-state index contributed by atoms with van der Waals surface area (Å²) >= 11 is -0.657. The van der Waals surface area contributed by atoms with E-state index in [0.29, 0.717) is 0 Å². The Bertz CT molecular complexity index is 11.6. The van der Waals surface area contributed by atoms with Crippen LogP contribution in [-0.2, 0) is 0 Å². The molecule has 2 heteroatoms. The molecule has 0 aliphatic carbocycles. The van der Waals surface area contributed by atoms with Crippen molar-refractivity contribution in [1.29, 1.82) is 0 Å². The van der Waals surface area contributed by atoms with Crippen LogP contribution in [0.5, 0.6) is 0 Å². The van der Waals surface area contributed by atoms with E-state index in [1.165, 1.54) is 0 Å². The monoisotopic (exact) mass is 289 g/mol. The van der Waals surface area contributed by atoms with Crippen LogP contribution in [0.25, 0.3) is 0 Å². The van der Waals surface area contributed by atoms with E-state index in [2.05, 4.69) is 13.4 Å². The van der Waals surface area contributed by atoms with Crippen molar-refractivity contribution in [2.45, 2.75) is 13.4 Å².